The highest BCUT2D eigenvalue weighted by molar-refractivity contribution is 6.04. The topological polar surface area (TPSA) is 128 Å². The van der Waals surface area contributed by atoms with Crippen LogP contribution in [-0.4, -0.2) is 28.0 Å². The smallest absolute Gasteiger partial charge is 0.406 e. The lowest BCUT2D eigenvalue weighted by Gasteiger charge is -2.24. The molecule has 1 aromatic heterocycles. The van der Waals surface area contributed by atoms with Crippen molar-refractivity contribution in [2.24, 2.45) is 5.22 Å². The summed E-state index contributed by atoms with van der Waals surface area (Å²) < 4.78 is 43.5. The maximum absolute atomic E-state index is 12.5. The Morgan fingerprint density at radius 3 is 2.38 bits per heavy atom. The minimum absolute atomic E-state index is 0.247. The molecule has 1 fully saturated rings. The summed E-state index contributed by atoms with van der Waals surface area (Å²) in [6.07, 6.45) is 1.24. The summed E-state index contributed by atoms with van der Waals surface area (Å²) >= 11 is 0. The second-order valence-corrected chi connectivity index (χ2v) is 8.76. The minimum atomic E-state index is -4.75. The van der Waals surface area contributed by atoms with Gasteiger partial charge < -0.3 is 4.74 Å². The molecular weight excluding hydrogens is 487 g/mol. The number of nitrogens with zero attached hydrogens (tertiary/aromatic N) is 3. The second kappa shape index (κ2) is 11.2. The number of hydrogen-bond acceptors (Lipinski definition) is 6. The molecule has 4 N–H and O–H groups in total. The van der Waals surface area contributed by atoms with Crippen molar-refractivity contribution < 1.29 is 22.7 Å². The Morgan fingerprint density at radius 1 is 1.08 bits per heavy atom. The monoisotopic (exact) mass is 513 g/mol. The lowest BCUT2D eigenvalue weighted by Crippen LogP contribution is -2.37. The van der Waals surface area contributed by atoms with Crippen LogP contribution in [0.3, 0.4) is 0 Å². The summed E-state index contributed by atoms with van der Waals surface area (Å²) in [4.78, 5) is 12.2. The molecular formula is C25H26F3N7O2. The van der Waals surface area contributed by atoms with Crippen molar-refractivity contribution in [3.8, 4) is 17.0 Å². The van der Waals surface area contributed by atoms with Crippen LogP contribution in [0.25, 0.3) is 11.3 Å². The maximum Gasteiger partial charge on any atom is 0.573 e. The second-order valence-electron chi connectivity index (χ2n) is 8.76. The number of ether oxygens (including phenoxy) is 1. The van der Waals surface area contributed by atoms with Crippen molar-refractivity contribution in [1.29, 1.82) is 10.9 Å². The van der Waals surface area contributed by atoms with Gasteiger partial charge in [0.25, 0.3) is 5.91 Å². The molecule has 0 atom stereocenters. The van der Waals surface area contributed by atoms with E-state index >= 15 is 0 Å². The van der Waals surface area contributed by atoms with Crippen LogP contribution in [-0.2, 0) is 6.42 Å². The molecule has 194 valence electrons. The van der Waals surface area contributed by atoms with E-state index in [1.807, 2.05) is 28.3 Å². The molecule has 4 rings (SSSR count). The third-order valence-electron chi connectivity index (χ3n) is 6.12. The Bertz CT molecular complexity index is 1250. The van der Waals surface area contributed by atoms with E-state index in [4.69, 9.17) is 16.0 Å². The van der Waals surface area contributed by atoms with Crippen LogP contribution in [0.2, 0.25) is 0 Å². The van der Waals surface area contributed by atoms with Crippen LogP contribution in [0.5, 0.6) is 5.75 Å². The van der Waals surface area contributed by atoms with E-state index in [1.165, 1.54) is 18.6 Å². The third kappa shape index (κ3) is 6.93. The Kier molecular flexibility index (Phi) is 7.85. The average Bonchev–Trinajstić information content (AvgIpc) is 3.28. The van der Waals surface area contributed by atoms with Gasteiger partial charge in [0.2, 0.25) is 5.96 Å². The molecule has 1 aliphatic carbocycles. The molecule has 2 aromatic carbocycles. The molecule has 0 bridgehead atoms. The van der Waals surface area contributed by atoms with E-state index in [1.54, 1.807) is 24.3 Å². The molecule has 37 heavy (non-hydrogen) atoms. The van der Waals surface area contributed by atoms with Gasteiger partial charge in [0, 0.05) is 23.2 Å². The molecule has 0 spiro atoms. The van der Waals surface area contributed by atoms with Gasteiger partial charge in [-0.25, -0.2) is 5.43 Å². The number of nitrogens with one attached hydrogen (secondary N) is 4. The van der Waals surface area contributed by atoms with Gasteiger partial charge in [-0.3, -0.25) is 20.2 Å². The van der Waals surface area contributed by atoms with Crippen LogP contribution in [0.15, 0.2) is 59.8 Å². The van der Waals surface area contributed by atoms with Crippen LogP contribution in [0.4, 0.5) is 13.2 Å². The Balaban J connectivity index is 1.55. The molecule has 1 saturated carbocycles. The van der Waals surface area contributed by atoms with Gasteiger partial charge in [0.15, 0.2) is 0 Å². The number of guanidine groups is 1. The molecule has 1 aliphatic rings. The Hall–Kier alpha value is -4.22. The van der Waals surface area contributed by atoms with Crippen LogP contribution in [0, 0.1) is 10.9 Å². The average molecular weight is 514 g/mol. The van der Waals surface area contributed by atoms with Gasteiger partial charge in [-0.2, -0.15) is 10.6 Å². The number of hydrogen-bond donors (Lipinski definition) is 4. The molecule has 1 amide bonds. The first-order valence-corrected chi connectivity index (χ1v) is 11.8. The van der Waals surface area contributed by atoms with E-state index in [0.29, 0.717) is 23.2 Å². The van der Waals surface area contributed by atoms with Crippen molar-refractivity contribution in [1.82, 2.24) is 20.5 Å². The summed E-state index contributed by atoms with van der Waals surface area (Å²) in [5.74, 6) is -1.18. The summed E-state index contributed by atoms with van der Waals surface area (Å²) in [6.45, 7) is 0. The molecule has 3 aromatic rings. The van der Waals surface area contributed by atoms with E-state index in [-0.39, 0.29) is 11.8 Å². The highest BCUT2D eigenvalue weighted by atomic mass is 19.4. The number of carbonyl (C=O) groups excluding carboxylic acids is 1. The molecule has 0 saturated heterocycles. The lowest BCUT2D eigenvalue weighted by atomic mass is 9.95. The Labute approximate surface area is 211 Å². The molecule has 12 heteroatoms. The number of alkyl halides is 3. The summed E-state index contributed by atoms with van der Waals surface area (Å²) in [5, 5.41) is 17.4. The Morgan fingerprint density at radius 2 is 1.76 bits per heavy atom. The normalized spacial score (nSPS) is 14.1. The number of amides is 1. The highest BCUT2D eigenvalue weighted by Gasteiger charge is 2.31. The first-order valence-electron chi connectivity index (χ1n) is 11.8. The van der Waals surface area contributed by atoms with E-state index < -0.39 is 18.2 Å². The molecule has 0 radical (unpaired) electrons. The fraction of sp³-hybridized carbons (Fsp3) is 0.320. The van der Waals surface area contributed by atoms with E-state index in [0.717, 1.165) is 36.9 Å². The van der Waals surface area contributed by atoms with E-state index in [2.05, 4.69) is 15.3 Å². The maximum atomic E-state index is 12.5. The van der Waals surface area contributed by atoms with Crippen molar-refractivity contribution in [2.75, 3.05) is 0 Å². The quantitative estimate of drug-likeness (QED) is 0.139. The number of aromatic nitrogens is 2. The van der Waals surface area contributed by atoms with Crippen LogP contribution < -0.4 is 15.5 Å². The van der Waals surface area contributed by atoms with Gasteiger partial charge in [0.1, 0.15) is 5.75 Å². The zero-order valence-electron chi connectivity index (χ0n) is 19.8. The lowest BCUT2D eigenvalue weighted by molar-refractivity contribution is -0.274. The predicted molar refractivity (Wildman–Crippen MR) is 129 cm³/mol. The fourth-order valence-electron chi connectivity index (χ4n) is 4.43. The summed E-state index contributed by atoms with van der Waals surface area (Å²) in [6, 6.07) is 14.8. The van der Waals surface area contributed by atoms with Gasteiger partial charge >= 0.3 is 6.36 Å². The number of carbonyl (C=O) groups is 1. The highest BCUT2D eigenvalue weighted by Crippen LogP contribution is 2.32. The summed E-state index contributed by atoms with van der Waals surface area (Å²) in [5.41, 5.74) is 12.3. The SMILES string of the molecule is N=NNC(=N)NC(=O)c1ccc(Cc2cc(-c3ccc(OC(F)(F)F)cc3)nn2C2CCCCC2)cc1. The molecule has 0 aliphatic heterocycles. The fourth-order valence-corrected chi connectivity index (χ4v) is 4.43. The van der Waals surface area contributed by atoms with Crippen molar-refractivity contribution >= 4 is 11.9 Å². The summed E-state index contributed by atoms with van der Waals surface area (Å²) in [7, 11) is 0. The van der Waals surface area contributed by atoms with Gasteiger partial charge in [-0.1, -0.05) is 36.6 Å². The van der Waals surface area contributed by atoms with Crippen molar-refractivity contribution in [2.45, 2.75) is 50.9 Å². The zero-order valence-corrected chi connectivity index (χ0v) is 19.8. The van der Waals surface area contributed by atoms with Crippen LogP contribution in [0.1, 0.15) is 59.8 Å². The van der Waals surface area contributed by atoms with Gasteiger partial charge in [0.05, 0.1) is 11.7 Å². The minimum Gasteiger partial charge on any atom is -0.406 e. The zero-order chi connectivity index (χ0) is 26.4. The molecule has 9 nitrogen and oxygen atoms in total. The first-order chi connectivity index (χ1) is 17.7. The van der Waals surface area contributed by atoms with E-state index in [9.17, 15) is 18.0 Å². The van der Waals surface area contributed by atoms with Crippen molar-refractivity contribution in [3.63, 3.8) is 0 Å². The predicted octanol–water partition coefficient (Wildman–Crippen LogP) is 5.74. The first kappa shape index (κ1) is 25.9. The standard InChI is InChI=1S/C25H26F3N7O2/c26-25(27,28)37-21-12-10-17(11-13-21)22-15-20(35(33-22)19-4-2-1-3-5-19)14-16-6-8-18(9-7-16)23(36)31-24(29)32-34-30/h6-13,15,19H,1-5,14H2,(H4,29,30,31,32,36). The molecule has 0 unspecified atom stereocenters. The number of benzene rings is 2. The van der Waals surface area contributed by atoms with Gasteiger partial charge in [-0.05, 0) is 60.9 Å². The largest absolute Gasteiger partial charge is 0.573 e. The van der Waals surface area contributed by atoms with Crippen molar-refractivity contribution in [3.05, 3.63) is 71.4 Å². The molecule has 1 heterocycles. The van der Waals surface area contributed by atoms with Crippen LogP contribution >= 0.6 is 0 Å². The number of halogens is 3. The number of rotatable bonds is 7. The van der Waals surface area contributed by atoms with Gasteiger partial charge in [-0.15, -0.1) is 13.2 Å². The third-order valence-corrected chi connectivity index (χ3v) is 6.12.